The van der Waals surface area contributed by atoms with Crippen LogP contribution in [0.15, 0.2) is 46.9 Å². The Labute approximate surface area is 134 Å². The Morgan fingerprint density at radius 2 is 2.18 bits per heavy atom. The summed E-state index contributed by atoms with van der Waals surface area (Å²) in [5.74, 6) is -0.908. The van der Waals surface area contributed by atoms with Crippen LogP contribution in [0.25, 0.3) is 0 Å². The minimum absolute atomic E-state index is 0.220. The number of nitrogens with zero attached hydrogens (tertiary/aromatic N) is 1. The first-order chi connectivity index (χ1) is 10.5. The quantitative estimate of drug-likeness (QED) is 0.836. The molecule has 1 aliphatic heterocycles. The van der Waals surface area contributed by atoms with E-state index in [4.69, 9.17) is 22.1 Å². The molecule has 1 unspecified atom stereocenters. The van der Waals surface area contributed by atoms with Crippen molar-refractivity contribution in [3.05, 3.63) is 57.5 Å². The molecule has 6 heteroatoms. The predicted molar refractivity (Wildman–Crippen MR) is 83.5 cm³/mol. The molecule has 0 radical (unpaired) electrons. The number of halogens is 1. The summed E-state index contributed by atoms with van der Waals surface area (Å²) in [4.78, 5) is 12.3. The van der Waals surface area contributed by atoms with Crippen molar-refractivity contribution in [1.29, 1.82) is 5.26 Å². The molecule has 114 valence electrons. The number of rotatable bonds is 3. The smallest absolute Gasteiger partial charge is 0.336 e. The van der Waals surface area contributed by atoms with E-state index in [0.29, 0.717) is 21.9 Å². The van der Waals surface area contributed by atoms with Crippen molar-refractivity contribution >= 4 is 17.6 Å². The molecule has 0 fully saturated rings. The fourth-order valence-electron chi connectivity index (χ4n) is 2.48. The van der Waals surface area contributed by atoms with Gasteiger partial charge in [0.05, 0.1) is 29.7 Å². The number of ether oxygens (including phenoxy) is 1. The molecule has 0 bridgehead atoms. The highest BCUT2D eigenvalue weighted by atomic mass is 35.5. The third-order valence-electron chi connectivity index (χ3n) is 3.43. The van der Waals surface area contributed by atoms with Gasteiger partial charge in [0.25, 0.3) is 0 Å². The predicted octanol–water partition coefficient (Wildman–Crippen LogP) is 2.56. The summed E-state index contributed by atoms with van der Waals surface area (Å²) in [6.07, 6.45) is 0. The van der Waals surface area contributed by atoms with Crippen LogP contribution in [0.1, 0.15) is 25.3 Å². The van der Waals surface area contributed by atoms with Gasteiger partial charge in [0.2, 0.25) is 0 Å². The van der Waals surface area contributed by atoms with Gasteiger partial charge in [-0.25, -0.2) is 4.79 Å². The van der Waals surface area contributed by atoms with Crippen LogP contribution in [-0.2, 0) is 9.53 Å². The zero-order chi connectivity index (χ0) is 16.3. The van der Waals surface area contributed by atoms with E-state index in [-0.39, 0.29) is 18.0 Å². The molecule has 5 nitrogen and oxygen atoms in total. The summed E-state index contributed by atoms with van der Waals surface area (Å²) in [7, 11) is 0. The van der Waals surface area contributed by atoms with Gasteiger partial charge < -0.3 is 15.8 Å². The highest BCUT2D eigenvalue weighted by Crippen LogP contribution is 2.40. The van der Waals surface area contributed by atoms with Crippen LogP contribution >= 0.6 is 11.6 Å². The highest BCUT2D eigenvalue weighted by Gasteiger charge is 2.35. The number of allylic oxidation sites excluding steroid dienone is 2. The van der Waals surface area contributed by atoms with Crippen molar-refractivity contribution in [3.63, 3.8) is 0 Å². The van der Waals surface area contributed by atoms with Crippen LogP contribution in [0.3, 0.4) is 0 Å². The minimum atomic E-state index is -0.640. The number of dihydropyridines is 1. The van der Waals surface area contributed by atoms with Gasteiger partial charge in [0.15, 0.2) is 0 Å². The Kier molecular flexibility index (Phi) is 4.74. The molecule has 0 aliphatic carbocycles. The number of nitrogens with one attached hydrogen (secondary N) is 1. The number of nitriles is 1. The van der Waals surface area contributed by atoms with E-state index in [1.54, 1.807) is 38.1 Å². The van der Waals surface area contributed by atoms with E-state index in [1.165, 1.54) is 0 Å². The molecule has 3 N–H and O–H groups in total. The molecule has 22 heavy (non-hydrogen) atoms. The van der Waals surface area contributed by atoms with Crippen LogP contribution in [0.2, 0.25) is 5.02 Å². The molecule has 1 heterocycles. The minimum Gasteiger partial charge on any atom is -0.463 e. The average Bonchev–Trinajstić information content (AvgIpc) is 2.47. The van der Waals surface area contributed by atoms with Crippen molar-refractivity contribution in [3.8, 4) is 6.07 Å². The third kappa shape index (κ3) is 2.78. The number of carbonyl (C=O) groups is 1. The van der Waals surface area contributed by atoms with E-state index in [9.17, 15) is 10.1 Å². The van der Waals surface area contributed by atoms with Crippen molar-refractivity contribution in [2.75, 3.05) is 6.61 Å². The molecule has 1 atom stereocenters. The Bertz CT molecular complexity index is 716. The second-order valence-corrected chi connectivity index (χ2v) is 5.19. The fourth-order valence-corrected chi connectivity index (χ4v) is 2.72. The maximum atomic E-state index is 12.3. The summed E-state index contributed by atoms with van der Waals surface area (Å²) < 4.78 is 5.12. The van der Waals surface area contributed by atoms with Crippen molar-refractivity contribution in [1.82, 2.24) is 5.32 Å². The molecular formula is C16H16ClN3O2. The fraction of sp³-hybridized carbons (Fsp3) is 0.250. The lowest BCUT2D eigenvalue weighted by atomic mass is 9.82. The van der Waals surface area contributed by atoms with Crippen LogP contribution in [-0.4, -0.2) is 12.6 Å². The molecule has 0 spiro atoms. The Hall–Kier alpha value is -2.45. The molecule has 0 amide bonds. The lowest BCUT2D eigenvalue weighted by Crippen LogP contribution is -2.32. The zero-order valence-corrected chi connectivity index (χ0v) is 13.1. The summed E-state index contributed by atoms with van der Waals surface area (Å²) in [6, 6.07) is 9.13. The summed E-state index contributed by atoms with van der Waals surface area (Å²) in [6.45, 7) is 3.69. The van der Waals surface area contributed by atoms with E-state index in [0.717, 1.165) is 0 Å². The topological polar surface area (TPSA) is 88.1 Å². The normalized spacial score (nSPS) is 17.8. The first-order valence-corrected chi connectivity index (χ1v) is 7.18. The molecule has 0 aromatic heterocycles. The molecule has 1 aliphatic rings. The molecule has 1 aromatic carbocycles. The van der Waals surface area contributed by atoms with Gasteiger partial charge in [0, 0.05) is 10.7 Å². The Morgan fingerprint density at radius 3 is 2.77 bits per heavy atom. The van der Waals surface area contributed by atoms with E-state index in [2.05, 4.69) is 11.4 Å². The van der Waals surface area contributed by atoms with E-state index >= 15 is 0 Å². The van der Waals surface area contributed by atoms with Crippen LogP contribution in [0, 0.1) is 11.3 Å². The van der Waals surface area contributed by atoms with E-state index < -0.39 is 11.9 Å². The lowest BCUT2D eigenvalue weighted by Gasteiger charge is -2.28. The number of esters is 1. The standard InChI is InChI=1S/C16H16ClN3O2/c1-3-22-16(21)13-9(2)20-15(19)11(8-18)14(13)10-6-4-5-7-12(10)17/h4-7,14,20H,3,19H2,1-2H3. The van der Waals surface area contributed by atoms with E-state index in [1.807, 2.05) is 0 Å². The number of carbonyl (C=O) groups excluding carboxylic acids is 1. The van der Waals surface area contributed by atoms with Crippen LogP contribution in [0.4, 0.5) is 0 Å². The third-order valence-corrected chi connectivity index (χ3v) is 3.77. The monoisotopic (exact) mass is 317 g/mol. The van der Waals surface area contributed by atoms with Crippen molar-refractivity contribution in [2.24, 2.45) is 5.73 Å². The summed E-state index contributed by atoms with van der Waals surface area (Å²) in [5, 5.41) is 12.8. The largest absolute Gasteiger partial charge is 0.463 e. The van der Waals surface area contributed by atoms with Gasteiger partial charge >= 0.3 is 5.97 Å². The molecule has 0 saturated carbocycles. The maximum absolute atomic E-state index is 12.3. The first-order valence-electron chi connectivity index (χ1n) is 6.80. The van der Waals surface area contributed by atoms with Gasteiger partial charge in [-0.05, 0) is 25.5 Å². The van der Waals surface area contributed by atoms with Gasteiger partial charge in [-0.3, -0.25) is 0 Å². The lowest BCUT2D eigenvalue weighted by molar-refractivity contribution is -0.138. The highest BCUT2D eigenvalue weighted by molar-refractivity contribution is 6.31. The summed E-state index contributed by atoms with van der Waals surface area (Å²) in [5.41, 5.74) is 7.71. The molecule has 2 rings (SSSR count). The van der Waals surface area contributed by atoms with Crippen LogP contribution < -0.4 is 11.1 Å². The zero-order valence-electron chi connectivity index (χ0n) is 12.3. The van der Waals surface area contributed by atoms with Gasteiger partial charge in [0.1, 0.15) is 5.82 Å². The second-order valence-electron chi connectivity index (χ2n) is 4.78. The van der Waals surface area contributed by atoms with Crippen molar-refractivity contribution in [2.45, 2.75) is 19.8 Å². The maximum Gasteiger partial charge on any atom is 0.336 e. The van der Waals surface area contributed by atoms with Gasteiger partial charge in [-0.1, -0.05) is 29.8 Å². The SMILES string of the molecule is CCOC(=O)C1=C(C)NC(N)=C(C#N)C1c1ccccc1Cl. The summed E-state index contributed by atoms with van der Waals surface area (Å²) >= 11 is 6.25. The molecular weight excluding hydrogens is 302 g/mol. The Balaban J connectivity index is 2.65. The van der Waals surface area contributed by atoms with Crippen molar-refractivity contribution < 1.29 is 9.53 Å². The first kappa shape index (κ1) is 15.9. The average molecular weight is 318 g/mol. The molecule has 1 aromatic rings. The number of hydrogen-bond donors (Lipinski definition) is 2. The number of benzene rings is 1. The molecule has 0 saturated heterocycles. The second kappa shape index (κ2) is 6.54. The number of hydrogen-bond acceptors (Lipinski definition) is 5. The van der Waals surface area contributed by atoms with Crippen LogP contribution in [0.5, 0.6) is 0 Å². The van der Waals surface area contributed by atoms with Gasteiger partial charge in [-0.15, -0.1) is 0 Å². The number of nitrogens with two attached hydrogens (primary N) is 1. The Morgan fingerprint density at radius 1 is 1.50 bits per heavy atom. The van der Waals surface area contributed by atoms with Gasteiger partial charge in [-0.2, -0.15) is 5.26 Å².